The average Bonchev–Trinajstić information content (AvgIpc) is 2.67. The van der Waals surface area contributed by atoms with Gasteiger partial charge in [-0.15, -0.1) is 5.16 Å². The highest BCUT2D eigenvalue weighted by Gasteiger charge is 1.95. The second-order valence-corrected chi connectivity index (χ2v) is 2.76. The third-order valence-electron chi connectivity index (χ3n) is 1.49. The highest BCUT2D eigenvalue weighted by Crippen LogP contribution is 2.03. The highest BCUT2D eigenvalue weighted by molar-refractivity contribution is 7.71. The lowest BCUT2D eigenvalue weighted by atomic mass is 10.3. The summed E-state index contributed by atoms with van der Waals surface area (Å²) in [6.07, 6.45) is 0. The predicted octanol–water partition coefficient (Wildman–Crippen LogP) is 1.40. The van der Waals surface area contributed by atoms with E-state index in [4.69, 9.17) is 17.4 Å². The van der Waals surface area contributed by atoms with Gasteiger partial charge in [-0.05, 0) is 24.4 Å². The van der Waals surface area contributed by atoms with Crippen molar-refractivity contribution in [2.45, 2.75) is 0 Å². The molecule has 0 spiro atoms. The number of aromatic amines is 1. The Balaban J connectivity index is 0.000000337. The largest absolute Gasteiger partial charge is 0.411 e. The van der Waals surface area contributed by atoms with Gasteiger partial charge in [-0.1, -0.05) is 28.5 Å². The molecule has 0 fully saturated rings. The molecule has 1 aromatic heterocycles. The molecule has 0 saturated heterocycles. The van der Waals surface area contributed by atoms with Crippen molar-refractivity contribution in [1.29, 1.82) is 0 Å². The lowest BCUT2D eigenvalue weighted by molar-refractivity contribution is 0.323. The van der Waals surface area contributed by atoms with Crippen LogP contribution in [0.3, 0.4) is 0 Å². The van der Waals surface area contributed by atoms with E-state index < -0.39 is 0 Å². The van der Waals surface area contributed by atoms with Crippen LogP contribution in [-0.4, -0.2) is 32.1 Å². The Bertz CT molecular complexity index is 463. The van der Waals surface area contributed by atoms with Gasteiger partial charge in [0.05, 0.1) is 5.69 Å². The molecular weight excluding hydrogens is 214 g/mol. The molecule has 2 N–H and O–H groups in total. The number of nitrogens with one attached hydrogen (secondary N) is 1. The number of H-pyrrole nitrogens is 1. The van der Waals surface area contributed by atoms with E-state index in [1.807, 2.05) is 30.3 Å². The van der Waals surface area contributed by atoms with E-state index >= 15 is 0 Å². The van der Waals surface area contributed by atoms with Gasteiger partial charge in [-0.25, -0.2) is 4.68 Å². The molecule has 0 saturated carbocycles. The summed E-state index contributed by atoms with van der Waals surface area (Å²) in [5, 5.41) is 19.3. The molecule has 6 nitrogen and oxygen atoms in total. The van der Waals surface area contributed by atoms with E-state index in [0.29, 0.717) is 4.77 Å². The van der Waals surface area contributed by atoms with Gasteiger partial charge >= 0.3 is 0 Å². The summed E-state index contributed by atoms with van der Waals surface area (Å²) in [5.41, 5.74) is 0.938. The monoisotopic (exact) mass is 223 g/mol. The third-order valence-corrected chi connectivity index (χ3v) is 1.75. The van der Waals surface area contributed by atoms with Crippen LogP contribution in [0.25, 0.3) is 5.69 Å². The van der Waals surface area contributed by atoms with Crippen LogP contribution in [0.2, 0.25) is 0 Å². The molecule has 2 rings (SSSR count). The first-order valence-corrected chi connectivity index (χ1v) is 4.36. The number of hydrogen-bond donors (Lipinski definition) is 2. The lowest BCUT2D eigenvalue weighted by Gasteiger charge is -1.97. The van der Waals surface area contributed by atoms with Gasteiger partial charge in [0.15, 0.2) is 0 Å². The number of aromatic nitrogens is 4. The van der Waals surface area contributed by atoms with Gasteiger partial charge in [-0.2, -0.15) is 5.21 Å². The van der Waals surface area contributed by atoms with Crippen molar-refractivity contribution in [3.05, 3.63) is 35.1 Å². The molecule has 1 heterocycles. The second-order valence-electron chi connectivity index (χ2n) is 2.39. The summed E-state index contributed by atoms with van der Waals surface area (Å²) in [4.78, 5) is 0. The quantitative estimate of drug-likeness (QED) is 0.331. The van der Waals surface area contributed by atoms with Crippen LogP contribution in [0, 0.1) is 4.77 Å². The van der Waals surface area contributed by atoms with Crippen molar-refractivity contribution >= 4 is 18.9 Å². The van der Waals surface area contributed by atoms with Crippen molar-refractivity contribution in [2.24, 2.45) is 5.16 Å². The Labute approximate surface area is 90.8 Å². The van der Waals surface area contributed by atoms with E-state index in [1.165, 1.54) is 0 Å². The molecule has 0 aliphatic carbocycles. The fraction of sp³-hybridized carbons (Fsp3) is 0. The summed E-state index contributed by atoms with van der Waals surface area (Å²) in [6, 6.07) is 9.65. The molecule has 0 radical (unpaired) electrons. The summed E-state index contributed by atoms with van der Waals surface area (Å²) in [5.74, 6) is 0. The lowest BCUT2D eigenvalue weighted by Crippen LogP contribution is -1.95. The van der Waals surface area contributed by atoms with Crippen LogP contribution in [0.1, 0.15) is 0 Å². The number of para-hydroxylation sites is 1. The van der Waals surface area contributed by atoms with Gasteiger partial charge in [0, 0.05) is 6.72 Å². The fourth-order valence-corrected chi connectivity index (χ4v) is 1.13. The summed E-state index contributed by atoms with van der Waals surface area (Å²) >= 11 is 4.93. The van der Waals surface area contributed by atoms with Gasteiger partial charge < -0.3 is 5.21 Å². The van der Waals surface area contributed by atoms with Crippen LogP contribution in [0.4, 0.5) is 0 Å². The predicted molar refractivity (Wildman–Crippen MR) is 57.9 cm³/mol. The topological polar surface area (TPSA) is 79.1 Å². The maximum Gasteiger partial charge on any atom is 0.242 e. The zero-order chi connectivity index (χ0) is 11.1. The molecule has 2 aromatic rings. The fourth-order valence-electron chi connectivity index (χ4n) is 0.943. The number of nitrogens with zero attached hydrogens (tertiary/aromatic N) is 4. The number of benzene rings is 1. The van der Waals surface area contributed by atoms with Gasteiger partial charge in [0.1, 0.15) is 0 Å². The average molecular weight is 223 g/mol. The Morgan fingerprint density at radius 1 is 1.40 bits per heavy atom. The van der Waals surface area contributed by atoms with Crippen molar-refractivity contribution < 1.29 is 5.21 Å². The second kappa shape index (κ2) is 5.66. The Hall–Kier alpha value is -2.02. The molecule has 1 aromatic carbocycles. The van der Waals surface area contributed by atoms with E-state index in [2.05, 4.69) is 27.4 Å². The third kappa shape index (κ3) is 2.99. The van der Waals surface area contributed by atoms with Crippen molar-refractivity contribution in [1.82, 2.24) is 20.2 Å². The van der Waals surface area contributed by atoms with E-state index in [9.17, 15) is 0 Å². The number of oxime groups is 1. The molecule has 0 unspecified atom stereocenters. The zero-order valence-corrected chi connectivity index (χ0v) is 8.55. The number of tetrazole rings is 1. The maximum atomic E-state index is 7.08. The standard InChI is InChI=1S/C7H6N4S.CH3NO/c12-7-8-9-10-11(7)6-4-2-1-3-5-6;1-2-3/h1-5H,(H,8,10,12);3H,1H2. The van der Waals surface area contributed by atoms with Crippen molar-refractivity contribution in [3.63, 3.8) is 0 Å². The van der Waals surface area contributed by atoms with Crippen molar-refractivity contribution in [3.8, 4) is 5.69 Å². The molecule has 0 bridgehead atoms. The number of rotatable bonds is 1. The minimum absolute atomic E-state index is 0.432. The van der Waals surface area contributed by atoms with E-state index in [-0.39, 0.29) is 0 Å². The minimum atomic E-state index is 0.432. The van der Waals surface area contributed by atoms with E-state index in [0.717, 1.165) is 5.69 Å². The smallest absolute Gasteiger partial charge is 0.242 e. The van der Waals surface area contributed by atoms with Crippen LogP contribution in [-0.2, 0) is 0 Å². The minimum Gasteiger partial charge on any atom is -0.411 e. The van der Waals surface area contributed by atoms with Crippen LogP contribution in [0.15, 0.2) is 35.5 Å². The Morgan fingerprint density at radius 2 is 2.00 bits per heavy atom. The molecule has 0 aliphatic heterocycles. The summed E-state index contributed by atoms with van der Waals surface area (Å²) < 4.78 is 2.07. The highest BCUT2D eigenvalue weighted by atomic mass is 32.1. The molecule has 0 aliphatic rings. The molecule has 0 amide bonds. The Kier molecular flexibility index (Phi) is 4.17. The Morgan fingerprint density at radius 3 is 2.47 bits per heavy atom. The summed E-state index contributed by atoms with van der Waals surface area (Å²) in [6.45, 7) is 2.67. The van der Waals surface area contributed by atoms with E-state index in [1.54, 1.807) is 4.68 Å². The maximum absolute atomic E-state index is 7.08. The first-order chi connectivity index (χ1) is 7.29. The van der Waals surface area contributed by atoms with Crippen LogP contribution in [0.5, 0.6) is 0 Å². The number of hydrogen-bond acceptors (Lipinski definition) is 5. The van der Waals surface area contributed by atoms with Crippen molar-refractivity contribution in [2.75, 3.05) is 0 Å². The van der Waals surface area contributed by atoms with Crippen LogP contribution >= 0.6 is 12.2 Å². The summed E-state index contributed by atoms with van der Waals surface area (Å²) in [7, 11) is 0. The first-order valence-electron chi connectivity index (χ1n) is 3.95. The SMILES string of the molecule is C=NO.S=c1nn[nH]n1-c1ccccc1. The van der Waals surface area contributed by atoms with Crippen LogP contribution < -0.4 is 0 Å². The normalized spacial score (nSPS) is 8.80. The van der Waals surface area contributed by atoms with Gasteiger partial charge in [-0.3, -0.25) is 0 Å². The van der Waals surface area contributed by atoms with Gasteiger partial charge in [0.25, 0.3) is 0 Å². The zero-order valence-electron chi connectivity index (χ0n) is 7.74. The first kappa shape index (κ1) is 11.1. The molecular formula is C8H9N5OS. The molecule has 0 atom stereocenters. The molecule has 78 valence electrons. The van der Waals surface area contributed by atoms with Gasteiger partial charge in [0.2, 0.25) is 4.77 Å². The molecule has 7 heteroatoms. The molecule has 15 heavy (non-hydrogen) atoms.